The number of carbonyl (C=O) groups excluding carboxylic acids is 3. The molecule has 50 heavy (non-hydrogen) atoms. The molecule has 0 saturated heterocycles. The minimum Gasteiger partial charge on any atom is -0.619 e. The normalized spacial score (nSPS) is 13.3. The summed E-state index contributed by atoms with van der Waals surface area (Å²) < 4.78 is 78.4. The highest BCUT2D eigenvalue weighted by atomic mass is 35.5. The van der Waals surface area contributed by atoms with Gasteiger partial charge in [-0.25, -0.2) is 18.0 Å². The minimum absolute atomic E-state index is 0.0124. The second-order valence-electron chi connectivity index (χ2n) is 11.0. The third-order valence-electron chi connectivity index (χ3n) is 7.15. The van der Waals surface area contributed by atoms with Crippen molar-refractivity contribution in [2.24, 2.45) is 11.7 Å². The predicted molar refractivity (Wildman–Crippen MR) is 174 cm³/mol. The Morgan fingerprint density at radius 1 is 1.06 bits per heavy atom. The van der Waals surface area contributed by atoms with Gasteiger partial charge in [-0.05, 0) is 54.7 Å². The number of amides is 1. The molecule has 2 aromatic carbocycles. The third-order valence-corrected chi connectivity index (χ3v) is 8.93. The van der Waals surface area contributed by atoms with E-state index in [1.165, 1.54) is 37.4 Å². The number of sulfonamides is 1. The number of anilines is 1. The first-order chi connectivity index (χ1) is 23.5. The van der Waals surface area contributed by atoms with E-state index in [2.05, 4.69) is 4.74 Å². The lowest BCUT2D eigenvalue weighted by atomic mass is 10.0. The van der Waals surface area contributed by atoms with Crippen LogP contribution in [0.25, 0.3) is 0 Å². The van der Waals surface area contributed by atoms with Crippen molar-refractivity contribution < 1.29 is 60.0 Å². The van der Waals surface area contributed by atoms with Crippen LogP contribution in [0.2, 0.25) is 10.0 Å². The summed E-state index contributed by atoms with van der Waals surface area (Å²) in [6.07, 6.45) is 3.27. The molecule has 0 spiro atoms. The van der Waals surface area contributed by atoms with E-state index in [1.54, 1.807) is 0 Å². The quantitative estimate of drug-likeness (QED) is 0.119. The summed E-state index contributed by atoms with van der Waals surface area (Å²) in [7, 11) is -2.83. The Morgan fingerprint density at radius 3 is 2.30 bits per heavy atom. The molecular formula is C31H31Cl2F2N3O11S. The number of alkyl halides is 2. The summed E-state index contributed by atoms with van der Waals surface area (Å²) in [5.41, 5.74) is 5.24. The number of aromatic nitrogens is 1. The van der Waals surface area contributed by atoms with Crippen LogP contribution in [0, 0.1) is 11.1 Å². The first-order valence-corrected chi connectivity index (χ1v) is 17.2. The molecule has 19 heteroatoms. The Balaban J connectivity index is 1.58. The average Bonchev–Trinajstić information content (AvgIpc) is 3.86. The van der Waals surface area contributed by atoms with Crippen molar-refractivity contribution in [3.05, 3.63) is 80.7 Å². The van der Waals surface area contributed by atoms with Crippen molar-refractivity contribution in [1.29, 1.82) is 0 Å². The lowest BCUT2D eigenvalue weighted by Crippen LogP contribution is -2.38. The molecule has 1 amide bonds. The molecule has 1 atom stereocenters. The first kappa shape index (κ1) is 38.2. The second-order valence-corrected chi connectivity index (χ2v) is 13.7. The maximum Gasteiger partial charge on any atom is 0.387 e. The molecule has 4 rings (SSSR count). The van der Waals surface area contributed by atoms with Crippen LogP contribution >= 0.6 is 23.2 Å². The zero-order valence-electron chi connectivity index (χ0n) is 26.5. The standard InChI is InChI=1S/C31H31Cl2F2N3O11S/c1-45-24-7-6-19(9-23(24)38(14-28(36)39)50(2,43)44)30(41)47-16-29(40)48-26(11-20-21(32)12-37(42)13-22(20)33)18-5-8-25(49-31(34)35)27(10-18)46-15-17-3-4-17/h5-10,12-13,17,26,31H,3-4,11,14-16H2,1-2H3,(H2,36,39)/t26-/m0/s1. The highest BCUT2D eigenvalue weighted by molar-refractivity contribution is 7.92. The van der Waals surface area contributed by atoms with E-state index >= 15 is 0 Å². The molecule has 0 unspecified atom stereocenters. The average molecular weight is 763 g/mol. The van der Waals surface area contributed by atoms with E-state index in [4.69, 9.17) is 47.9 Å². The molecule has 3 aromatic rings. The van der Waals surface area contributed by atoms with Gasteiger partial charge in [-0.2, -0.15) is 13.5 Å². The van der Waals surface area contributed by atoms with E-state index in [0.717, 1.165) is 37.6 Å². The molecular weight excluding hydrogens is 731 g/mol. The van der Waals surface area contributed by atoms with E-state index in [9.17, 15) is 36.8 Å². The van der Waals surface area contributed by atoms with Crippen LogP contribution in [0.4, 0.5) is 14.5 Å². The number of hydrogen-bond donors (Lipinski definition) is 1. The van der Waals surface area contributed by atoms with Crippen LogP contribution in [0.3, 0.4) is 0 Å². The maximum absolute atomic E-state index is 13.1. The number of carbonyl (C=O) groups is 3. The van der Waals surface area contributed by atoms with Crippen molar-refractivity contribution in [1.82, 2.24) is 0 Å². The van der Waals surface area contributed by atoms with Crippen molar-refractivity contribution >= 4 is 56.8 Å². The predicted octanol–water partition coefficient (Wildman–Crippen LogP) is 3.96. The van der Waals surface area contributed by atoms with Gasteiger partial charge in [-0.3, -0.25) is 9.10 Å². The molecule has 1 fully saturated rings. The zero-order valence-corrected chi connectivity index (χ0v) is 28.8. The molecule has 0 radical (unpaired) electrons. The highest BCUT2D eigenvalue weighted by Gasteiger charge is 2.28. The summed E-state index contributed by atoms with van der Waals surface area (Å²) in [6, 6.07) is 7.47. The van der Waals surface area contributed by atoms with E-state index in [1.807, 2.05) is 0 Å². The van der Waals surface area contributed by atoms with Crippen LogP contribution in [0.1, 0.15) is 40.4 Å². The van der Waals surface area contributed by atoms with Crippen molar-refractivity contribution in [2.45, 2.75) is 32.0 Å². The summed E-state index contributed by atoms with van der Waals surface area (Å²) >= 11 is 12.5. The molecule has 270 valence electrons. The molecule has 1 aromatic heterocycles. The fourth-order valence-corrected chi connectivity index (χ4v) is 6.06. The Labute approximate surface area is 295 Å². The van der Waals surface area contributed by atoms with Gasteiger partial charge < -0.3 is 34.6 Å². The van der Waals surface area contributed by atoms with Gasteiger partial charge in [-0.1, -0.05) is 29.3 Å². The number of rotatable bonds is 17. The van der Waals surface area contributed by atoms with Gasteiger partial charge in [0.05, 0.1) is 31.2 Å². The third kappa shape index (κ3) is 10.4. The van der Waals surface area contributed by atoms with Gasteiger partial charge in [0.1, 0.15) is 28.4 Å². The van der Waals surface area contributed by atoms with Crippen LogP contribution in [0.5, 0.6) is 17.2 Å². The minimum atomic E-state index is -4.07. The highest BCUT2D eigenvalue weighted by Crippen LogP contribution is 2.38. The van der Waals surface area contributed by atoms with Gasteiger partial charge >= 0.3 is 18.6 Å². The Hall–Kier alpha value is -4.61. The molecule has 1 heterocycles. The Morgan fingerprint density at radius 2 is 1.72 bits per heavy atom. The van der Waals surface area contributed by atoms with Gasteiger partial charge in [0, 0.05) is 12.0 Å². The number of esters is 2. The van der Waals surface area contributed by atoms with Crippen LogP contribution in [-0.2, 0) is 35.5 Å². The zero-order chi connectivity index (χ0) is 36.7. The number of primary amides is 1. The van der Waals surface area contributed by atoms with E-state index in [0.29, 0.717) is 9.04 Å². The fourth-order valence-electron chi connectivity index (χ4n) is 4.60. The number of halogens is 4. The number of nitrogens with zero attached hydrogens (tertiary/aromatic N) is 2. The molecule has 0 bridgehead atoms. The summed E-state index contributed by atoms with van der Waals surface area (Å²) in [6.45, 7) is -4.61. The topological polar surface area (TPSA) is 188 Å². The number of nitrogens with two attached hydrogens (primary N) is 1. The molecule has 2 N–H and O–H groups in total. The fraction of sp³-hybridized carbons (Fsp3) is 0.355. The van der Waals surface area contributed by atoms with Crippen molar-refractivity contribution in [3.8, 4) is 17.2 Å². The van der Waals surface area contributed by atoms with Gasteiger partial charge in [0.2, 0.25) is 15.9 Å². The van der Waals surface area contributed by atoms with Gasteiger partial charge in [0.15, 0.2) is 30.5 Å². The van der Waals surface area contributed by atoms with Crippen LogP contribution in [-0.4, -0.2) is 66.0 Å². The summed E-state index contributed by atoms with van der Waals surface area (Å²) in [5.74, 6) is -3.18. The molecule has 14 nitrogen and oxygen atoms in total. The number of methoxy groups -OCH3 is 1. The summed E-state index contributed by atoms with van der Waals surface area (Å²) in [5, 5.41) is 11.7. The van der Waals surface area contributed by atoms with E-state index in [-0.39, 0.29) is 68.6 Å². The molecule has 1 saturated carbocycles. The number of pyridine rings is 1. The molecule has 1 aliphatic carbocycles. The van der Waals surface area contributed by atoms with Gasteiger partial charge in [0.25, 0.3) is 0 Å². The SMILES string of the molecule is COc1ccc(C(=O)OCC(=O)O[C@@H](Cc2c(Cl)c[n+]([O-])cc2Cl)c2ccc(OC(F)F)c(OCC3CC3)c2)cc1N(CC(N)=O)S(C)(=O)=O. The largest absolute Gasteiger partial charge is 0.619 e. The number of hydrogen-bond acceptors (Lipinski definition) is 11. The smallest absolute Gasteiger partial charge is 0.387 e. The Kier molecular flexibility index (Phi) is 12.5. The van der Waals surface area contributed by atoms with Crippen molar-refractivity contribution in [3.63, 3.8) is 0 Å². The van der Waals surface area contributed by atoms with Crippen LogP contribution < -0.4 is 29.0 Å². The molecule has 1 aliphatic rings. The van der Waals surface area contributed by atoms with Crippen LogP contribution in [0.15, 0.2) is 48.8 Å². The second kappa shape index (κ2) is 16.4. The number of ether oxygens (including phenoxy) is 5. The molecule has 0 aliphatic heterocycles. The van der Waals surface area contributed by atoms with Crippen molar-refractivity contribution in [2.75, 3.05) is 37.4 Å². The lowest BCUT2D eigenvalue weighted by molar-refractivity contribution is -0.605. The first-order valence-electron chi connectivity index (χ1n) is 14.6. The Bertz CT molecular complexity index is 1840. The lowest BCUT2D eigenvalue weighted by Gasteiger charge is -2.23. The maximum atomic E-state index is 13.1. The monoisotopic (exact) mass is 761 g/mol. The van der Waals surface area contributed by atoms with E-state index < -0.39 is 53.7 Å². The number of benzene rings is 2. The van der Waals surface area contributed by atoms with Gasteiger partial charge in [-0.15, -0.1) is 0 Å². The summed E-state index contributed by atoms with van der Waals surface area (Å²) in [4.78, 5) is 37.7.